The second-order valence-electron chi connectivity index (χ2n) is 11.2. The molecule has 0 N–H and O–H groups in total. The SMILES string of the molecule is C=C1CC(C)(C)CC(C)=C1C(C1=C(CC(C)(C)C)[CH]C=CC=C1C)c1ccccc1. The lowest BCUT2D eigenvalue weighted by atomic mass is 9.66. The molecule has 3 rings (SSSR count). The van der Waals surface area contributed by atoms with Crippen molar-refractivity contribution in [1.82, 2.24) is 0 Å². The van der Waals surface area contributed by atoms with E-state index < -0.39 is 0 Å². The predicted octanol–water partition coefficient (Wildman–Crippen LogP) is 8.92. The topological polar surface area (TPSA) is 0 Å². The van der Waals surface area contributed by atoms with E-state index in [1.165, 1.54) is 39.0 Å². The first-order chi connectivity index (χ1) is 14.0. The standard InChI is InChI=1S/C30H39/c1-21-14-12-13-17-25(20-29(4,5)6)27(21)28(24-15-10-9-11-16-24)26-22(2)18-30(7,8)19-23(26)3/h9-17,28H,2,18-20H2,1,3-8H3. The zero-order valence-electron chi connectivity index (χ0n) is 20.1. The molecule has 0 aliphatic heterocycles. The number of allylic oxidation sites excluding steroid dienone is 9. The van der Waals surface area contributed by atoms with Crippen molar-refractivity contribution in [2.45, 2.75) is 73.6 Å². The van der Waals surface area contributed by atoms with Gasteiger partial charge in [-0.3, -0.25) is 0 Å². The summed E-state index contributed by atoms with van der Waals surface area (Å²) in [6.45, 7) is 21.0. The van der Waals surface area contributed by atoms with Crippen LogP contribution in [-0.2, 0) is 0 Å². The highest BCUT2D eigenvalue weighted by Crippen LogP contribution is 2.50. The van der Waals surface area contributed by atoms with Crippen molar-refractivity contribution < 1.29 is 0 Å². The Morgan fingerprint density at radius 3 is 2.23 bits per heavy atom. The van der Waals surface area contributed by atoms with E-state index in [-0.39, 0.29) is 16.7 Å². The van der Waals surface area contributed by atoms with Crippen LogP contribution in [0.1, 0.15) is 79.2 Å². The average Bonchev–Trinajstić information content (AvgIpc) is 2.78. The Bertz CT molecular complexity index is 920. The monoisotopic (exact) mass is 399 g/mol. The van der Waals surface area contributed by atoms with Crippen LogP contribution in [0, 0.1) is 17.3 Å². The summed E-state index contributed by atoms with van der Waals surface area (Å²) >= 11 is 0. The van der Waals surface area contributed by atoms with Crippen molar-refractivity contribution in [3.63, 3.8) is 0 Å². The van der Waals surface area contributed by atoms with E-state index in [2.05, 4.69) is 110 Å². The van der Waals surface area contributed by atoms with Crippen molar-refractivity contribution in [3.05, 3.63) is 101 Å². The first kappa shape index (κ1) is 22.6. The molecule has 0 aromatic heterocycles. The Morgan fingerprint density at radius 1 is 0.967 bits per heavy atom. The van der Waals surface area contributed by atoms with Crippen molar-refractivity contribution >= 4 is 0 Å². The van der Waals surface area contributed by atoms with Gasteiger partial charge in [0.05, 0.1) is 0 Å². The van der Waals surface area contributed by atoms with Crippen LogP contribution in [0.15, 0.2) is 88.6 Å². The Morgan fingerprint density at radius 2 is 1.63 bits per heavy atom. The van der Waals surface area contributed by atoms with Gasteiger partial charge in [0.15, 0.2) is 0 Å². The van der Waals surface area contributed by atoms with Crippen LogP contribution in [0.4, 0.5) is 0 Å². The first-order valence-electron chi connectivity index (χ1n) is 11.3. The fourth-order valence-corrected chi connectivity index (χ4v) is 5.37. The van der Waals surface area contributed by atoms with Gasteiger partial charge in [-0.15, -0.1) is 0 Å². The van der Waals surface area contributed by atoms with E-state index in [0.717, 1.165) is 19.3 Å². The van der Waals surface area contributed by atoms with E-state index in [1.807, 2.05) is 0 Å². The third-order valence-electron chi connectivity index (χ3n) is 6.23. The van der Waals surface area contributed by atoms with Gasteiger partial charge in [0.1, 0.15) is 0 Å². The molecule has 0 fully saturated rings. The molecule has 1 aromatic carbocycles. The molecule has 0 saturated carbocycles. The Labute approximate surface area is 185 Å². The number of hydrogen-bond acceptors (Lipinski definition) is 0. The van der Waals surface area contributed by atoms with E-state index in [9.17, 15) is 0 Å². The molecule has 2 aliphatic rings. The lowest BCUT2D eigenvalue weighted by molar-refractivity contribution is 0.345. The molecule has 0 bridgehead atoms. The van der Waals surface area contributed by atoms with E-state index in [4.69, 9.17) is 0 Å². The van der Waals surface area contributed by atoms with Crippen molar-refractivity contribution in [2.75, 3.05) is 0 Å². The van der Waals surface area contributed by atoms with Crippen LogP contribution in [0.2, 0.25) is 0 Å². The molecule has 1 aromatic rings. The molecule has 0 amide bonds. The highest BCUT2D eigenvalue weighted by molar-refractivity contribution is 5.59. The van der Waals surface area contributed by atoms with Crippen LogP contribution in [-0.4, -0.2) is 0 Å². The summed E-state index contributed by atoms with van der Waals surface area (Å²) in [4.78, 5) is 0. The lowest BCUT2D eigenvalue weighted by Crippen LogP contribution is -2.23. The highest BCUT2D eigenvalue weighted by atomic mass is 14.4. The normalized spacial score (nSPS) is 20.9. The van der Waals surface area contributed by atoms with Gasteiger partial charge in [0.25, 0.3) is 0 Å². The lowest BCUT2D eigenvalue weighted by Gasteiger charge is -2.39. The van der Waals surface area contributed by atoms with Gasteiger partial charge in [0.2, 0.25) is 0 Å². The van der Waals surface area contributed by atoms with Crippen molar-refractivity contribution in [1.29, 1.82) is 0 Å². The van der Waals surface area contributed by atoms with Crippen molar-refractivity contribution in [3.8, 4) is 0 Å². The zero-order chi connectivity index (χ0) is 22.1. The summed E-state index contributed by atoms with van der Waals surface area (Å²) in [7, 11) is 0. The van der Waals surface area contributed by atoms with Crippen LogP contribution in [0.5, 0.6) is 0 Å². The summed E-state index contributed by atoms with van der Waals surface area (Å²) in [6.07, 6.45) is 12.3. The molecular formula is C30H39. The minimum atomic E-state index is 0.228. The summed E-state index contributed by atoms with van der Waals surface area (Å²) in [5, 5.41) is 0. The molecule has 1 radical (unpaired) electrons. The van der Waals surface area contributed by atoms with Gasteiger partial charge in [0, 0.05) is 12.3 Å². The second kappa shape index (κ2) is 8.58. The molecule has 0 spiro atoms. The van der Waals surface area contributed by atoms with E-state index in [0.29, 0.717) is 0 Å². The molecule has 2 aliphatic carbocycles. The quantitative estimate of drug-likeness (QED) is 0.474. The molecular weight excluding hydrogens is 360 g/mol. The Kier molecular flexibility index (Phi) is 6.46. The van der Waals surface area contributed by atoms with Gasteiger partial charge >= 0.3 is 0 Å². The Hall–Kier alpha value is -2.08. The number of benzene rings is 1. The molecule has 1 atom stereocenters. The fourth-order valence-electron chi connectivity index (χ4n) is 5.37. The van der Waals surface area contributed by atoms with Crippen molar-refractivity contribution in [2.24, 2.45) is 10.8 Å². The fraction of sp³-hybridized carbons (Fsp3) is 0.433. The second-order valence-corrected chi connectivity index (χ2v) is 11.2. The Balaban J connectivity index is 2.28. The van der Waals surface area contributed by atoms with Gasteiger partial charge < -0.3 is 0 Å². The minimum absolute atomic E-state index is 0.228. The van der Waals surface area contributed by atoms with Crippen LogP contribution in [0.25, 0.3) is 0 Å². The molecule has 0 saturated heterocycles. The maximum Gasteiger partial charge on any atom is 0.0344 e. The summed E-state index contributed by atoms with van der Waals surface area (Å²) in [5.41, 5.74) is 10.5. The van der Waals surface area contributed by atoms with Gasteiger partial charge in [-0.2, -0.15) is 0 Å². The van der Waals surface area contributed by atoms with Crippen LogP contribution < -0.4 is 0 Å². The van der Waals surface area contributed by atoms with Crippen LogP contribution in [0.3, 0.4) is 0 Å². The maximum absolute atomic E-state index is 4.61. The summed E-state index contributed by atoms with van der Waals surface area (Å²) < 4.78 is 0. The van der Waals surface area contributed by atoms with Gasteiger partial charge in [-0.1, -0.05) is 106 Å². The molecule has 0 heteroatoms. The van der Waals surface area contributed by atoms with E-state index in [1.54, 1.807) is 0 Å². The highest BCUT2D eigenvalue weighted by Gasteiger charge is 2.35. The minimum Gasteiger partial charge on any atom is -0.0955 e. The summed E-state index contributed by atoms with van der Waals surface area (Å²) in [5.74, 6) is 0.236. The molecule has 30 heavy (non-hydrogen) atoms. The molecule has 159 valence electrons. The van der Waals surface area contributed by atoms with Crippen LogP contribution >= 0.6 is 0 Å². The molecule has 0 heterocycles. The summed E-state index contributed by atoms with van der Waals surface area (Å²) in [6, 6.07) is 11.1. The van der Waals surface area contributed by atoms with Gasteiger partial charge in [-0.25, -0.2) is 0 Å². The number of rotatable bonds is 4. The third kappa shape index (κ3) is 5.15. The van der Waals surface area contributed by atoms with E-state index >= 15 is 0 Å². The smallest absolute Gasteiger partial charge is 0.0344 e. The predicted molar refractivity (Wildman–Crippen MR) is 132 cm³/mol. The number of hydrogen-bond donors (Lipinski definition) is 0. The van der Waals surface area contributed by atoms with Gasteiger partial charge in [-0.05, 0) is 66.2 Å². The molecule has 0 nitrogen and oxygen atoms in total. The molecule has 1 unspecified atom stereocenters. The third-order valence-corrected chi connectivity index (χ3v) is 6.23. The average molecular weight is 400 g/mol. The maximum atomic E-state index is 4.61. The first-order valence-corrected chi connectivity index (χ1v) is 11.3. The zero-order valence-corrected chi connectivity index (χ0v) is 20.1. The largest absolute Gasteiger partial charge is 0.0955 e.